The van der Waals surface area contributed by atoms with Crippen LogP contribution in [-0.2, 0) is 4.79 Å². The first-order valence-electron chi connectivity index (χ1n) is 5.87. The Morgan fingerprint density at radius 1 is 1.56 bits per heavy atom. The van der Waals surface area contributed by atoms with E-state index in [-0.39, 0.29) is 29.6 Å². The van der Waals surface area contributed by atoms with Crippen LogP contribution in [0.15, 0.2) is 4.52 Å². The van der Waals surface area contributed by atoms with Gasteiger partial charge in [-0.1, -0.05) is 5.16 Å². The van der Waals surface area contributed by atoms with E-state index >= 15 is 0 Å². The second kappa shape index (κ2) is 4.51. The Hall–Kier alpha value is -1.14. The van der Waals surface area contributed by atoms with Crippen LogP contribution in [0.1, 0.15) is 24.6 Å². The average molecular weight is 273 g/mol. The van der Waals surface area contributed by atoms with E-state index in [1.165, 1.54) is 0 Å². The number of halogens is 1. The Labute approximate surface area is 112 Å². The van der Waals surface area contributed by atoms with Crippen LogP contribution in [-0.4, -0.2) is 47.1 Å². The van der Waals surface area contributed by atoms with Crippen molar-refractivity contribution in [3.8, 4) is 0 Å². The average Bonchev–Trinajstić information content (AvgIpc) is 2.79. The van der Waals surface area contributed by atoms with Gasteiger partial charge < -0.3 is 14.7 Å². The third-order valence-electron chi connectivity index (χ3n) is 3.89. The van der Waals surface area contributed by atoms with E-state index < -0.39 is 0 Å². The Morgan fingerprint density at radius 3 is 2.72 bits per heavy atom. The molecule has 0 aromatic carbocycles. The molecule has 1 unspecified atom stereocenters. The highest BCUT2D eigenvalue weighted by Crippen LogP contribution is 2.44. The molecule has 1 atom stereocenters. The zero-order valence-corrected chi connectivity index (χ0v) is 11.3. The predicted octanol–water partition coefficient (Wildman–Crippen LogP) is 0.335. The zero-order valence-electron chi connectivity index (χ0n) is 10.5. The van der Waals surface area contributed by atoms with Crippen LogP contribution < -0.4 is 5.32 Å². The van der Waals surface area contributed by atoms with E-state index in [2.05, 4.69) is 15.5 Å². The number of aromatic nitrogens is 2. The molecule has 7 heteroatoms. The quantitative estimate of drug-likeness (QED) is 0.798. The molecule has 1 N–H and O–H groups in total. The van der Waals surface area contributed by atoms with Crippen molar-refractivity contribution in [1.82, 2.24) is 20.4 Å². The summed E-state index contributed by atoms with van der Waals surface area (Å²) in [5.74, 6) is 1.63. The van der Waals surface area contributed by atoms with E-state index in [1.807, 2.05) is 11.8 Å². The molecule has 2 aliphatic heterocycles. The number of nitrogens with one attached hydrogen (secondary N) is 1. The zero-order chi connectivity index (χ0) is 12.0. The van der Waals surface area contributed by atoms with Crippen LogP contribution in [0.25, 0.3) is 0 Å². The molecule has 0 radical (unpaired) electrons. The van der Waals surface area contributed by atoms with Crippen molar-refractivity contribution in [2.24, 2.45) is 5.41 Å². The first kappa shape index (κ1) is 13.3. The summed E-state index contributed by atoms with van der Waals surface area (Å²) in [6.45, 7) is 6.75. The van der Waals surface area contributed by atoms with Gasteiger partial charge in [0.1, 0.15) is 0 Å². The number of carbonyl (C=O) groups is 1. The van der Waals surface area contributed by atoms with Gasteiger partial charge in [-0.25, -0.2) is 0 Å². The lowest BCUT2D eigenvalue weighted by molar-refractivity contribution is -0.128. The molecule has 1 aromatic rings. The van der Waals surface area contributed by atoms with Gasteiger partial charge in [-0.3, -0.25) is 4.79 Å². The number of carbonyl (C=O) groups excluding carboxylic acids is 1. The minimum atomic E-state index is 0. The number of amides is 1. The van der Waals surface area contributed by atoms with E-state index in [0.717, 1.165) is 19.6 Å². The number of aryl methyl sites for hydroxylation is 1. The number of hydrogen-bond donors (Lipinski definition) is 1. The van der Waals surface area contributed by atoms with Crippen LogP contribution in [0.5, 0.6) is 0 Å². The van der Waals surface area contributed by atoms with Gasteiger partial charge >= 0.3 is 0 Å². The molecule has 1 aromatic heterocycles. The van der Waals surface area contributed by atoms with Crippen LogP contribution in [0, 0.1) is 12.3 Å². The van der Waals surface area contributed by atoms with Gasteiger partial charge in [-0.05, 0) is 6.92 Å². The maximum Gasteiger partial charge on any atom is 0.232 e. The predicted molar refractivity (Wildman–Crippen MR) is 66.6 cm³/mol. The van der Waals surface area contributed by atoms with Crippen LogP contribution in [0.2, 0.25) is 0 Å². The number of rotatable bonds is 1. The molecule has 2 aliphatic rings. The lowest BCUT2D eigenvalue weighted by Crippen LogP contribution is -2.57. The van der Waals surface area contributed by atoms with Crippen molar-refractivity contribution >= 4 is 18.3 Å². The maximum absolute atomic E-state index is 11.5. The highest BCUT2D eigenvalue weighted by Gasteiger charge is 2.54. The van der Waals surface area contributed by atoms with Crippen LogP contribution in [0.4, 0.5) is 0 Å². The molecule has 3 rings (SSSR count). The molecule has 2 saturated heterocycles. The summed E-state index contributed by atoms with van der Waals surface area (Å²) < 4.78 is 5.28. The summed E-state index contributed by atoms with van der Waals surface area (Å²) in [5.41, 5.74) is 0.102. The maximum atomic E-state index is 11.5. The number of nitrogens with zero attached hydrogens (tertiary/aromatic N) is 3. The minimum absolute atomic E-state index is 0. The van der Waals surface area contributed by atoms with Crippen LogP contribution in [0.3, 0.4) is 0 Å². The summed E-state index contributed by atoms with van der Waals surface area (Å²) in [7, 11) is 0. The molecule has 1 amide bonds. The van der Waals surface area contributed by atoms with Crippen molar-refractivity contribution in [3.05, 3.63) is 11.7 Å². The molecule has 2 fully saturated rings. The molecule has 1 spiro atoms. The third-order valence-corrected chi connectivity index (χ3v) is 3.89. The highest BCUT2D eigenvalue weighted by atomic mass is 35.5. The molecule has 0 saturated carbocycles. The largest absolute Gasteiger partial charge is 0.341 e. The van der Waals surface area contributed by atoms with Gasteiger partial charge in [0.15, 0.2) is 5.82 Å². The standard InChI is InChI=1S/C11H16N4O2.ClH/c1-7-13-10(17-14-7)9-3-15(8(2)16)6-11(9)4-12-5-11;/h9,12H,3-6H2,1-2H3;1H. The smallest absolute Gasteiger partial charge is 0.232 e. The molecule has 3 heterocycles. The SMILES string of the molecule is CC(=O)N1CC(c2nc(C)no2)C2(CNC2)C1.Cl. The minimum Gasteiger partial charge on any atom is -0.341 e. The molecule has 0 aliphatic carbocycles. The summed E-state index contributed by atoms with van der Waals surface area (Å²) in [6.07, 6.45) is 0. The molecule has 100 valence electrons. The van der Waals surface area contributed by atoms with Crippen LogP contribution >= 0.6 is 12.4 Å². The van der Waals surface area contributed by atoms with E-state index in [9.17, 15) is 4.79 Å². The van der Waals surface area contributed by atoms with Crippen molar-refractivity contribution in [1.29, 1.82) is 0 Å². The number of likely N-dealkylation sites (tertiary alicyclic amines) is 1. The second-order valence-corrected chi connectivity index (χ2v) is 5.10. The summed E-state index contributed by atoms with van der Waals surface area (Å²) >= 11 is 0. The molecular weight excluding hydrogens is 256 g/mol. The highest BCUT2D eigenvalue weighted by molar-refractivity contribution is 5.85. The second-order valence-electron chi connectivity index (χ2n) is 5.10. The first-order valence-corrected chi connectivity index (χ1v) is 5.87. The fourth-order valence-corrected chi connectivity index (χ4v) is 2.81. The van der Waals surface area contributed by atoms with Gasteiger partial charge in [0, 0.05) is 38.5 Å². The number of hydrogen-bond acceptors (Lipinski definition) is 5. The fourth-order valence-electron chi connectivity index (χ4n) is 2.81. The third kappa shape index (κ3) is 1.89. The normalized spacial score (nSPS) is 24.8. The van der Waals surface area contributed by atoms with Gasteiger partial charge in [-0.15, -0.1) is 12.4 Å². The molecular formula is C11H17ClN4O2. The fraction of sp³-hybridized carbons (Fsp3) is 0.727. The first-order chi connectivity index (χ1) is 8.11. The molecule has 18 heavy (non-hydrogen) atoms. The Bertz CT molecular complexity index is 458. The lowest BCUT2D eigenvalue weighted by Gasteiger charge is -2.42. The van der Waals surface area contributed by atoms with Gasteiger partial charge in [0.05, 0.1) is 5.92 Å². The Balaban J connectivity index is 0.00000120. The summed E-state index contributed by atoms with van der Waals surface area (Å²) in [5, 5.41) is 7.13. The summed E-state index contributed by atoms with van der Waals surface area (Å²) in [4.78, 5) is 17.7. The van der Waals surface area contributed by atoms with Crippen molar-refractivity contribution in [3.63, 3.8) is 0 Å². The Morgan fingerprint density at radius 2 is 2.28 bits per heavy atom. The monoisotopic (exact) mass is 272 g/mol. The Kier molecular flexibility index (Phi) is 3.33. The van der Waals surface area contributed by atoms with Gasteiger partial charge in [0.25, 0.3) is 0 Å². The topological polar surface area (TPSA) is 71.3 Å². The van der Waals surface area contributed by atoms with Crippen molar-refractivity contribution < 1.29 is 9.32 Å². The van der Waals surface area contributed by atoms with E-state index in [4.69, 9.17) is 4.52 Å². The lowest BCUT2D eigenvalue weighted by atomic mass is 9.73. The van der Waals surface area contributed by atoms with E-state index in [0.29, 0.717) is 18.3 Å². The summed E-state index contributed by atoms with van der Waals surface area (Å²) in [6, 6.07) is 0. The molecule has 0 bridgehead atoms. The van der Waals surface area contributed by atoms with Gasteiger partial charge in [0.2, 0.25) is 11.8 Å². The van der Waals surface area contributed by atoms with Gasteiger partial charge in [-0.2, -0.15) is 4.98 Å². The molecule has 6 nitrogen and oxygen atoms in total. The van der Waals surface area contributed by atoms with Crippen molar-refractivity contribution in [2.75, 3.05) is 26.2 Å². The van der Waals surface area contributed by atoms with Crippen molar-refractivity contribution in [2.45, 2.75) is 19.8 Å². The van der Waals surface area contributed by atoms with E-state index in [1.54, 1.807) is 6.92 Å².